The Morgan fingerprint density at radius 3 is 2.62 bits per heavy atom. The average Bonchev–Trinajstić information content (AvgIpc) is 2.26. The van der Waals surface area contributed by atoms with Crippen molar-refractivity contribution in [3.05, 3.63) is 11.9 Å². The maximum atomic E-state index is 11.2. The normalized spacial score (nSPS) is 11.8. The van der Waals surface area contributed by atoms with Crippen LogP contribution in [0.5, 0.6) is 0 Å². The lowest BCUT2D eigenvalue weighted by molar-refractivity contribution is -0.141. The first-order valence-corrected chi connectivity index (χ1v) is 4.94. The summed E-state index contributed by atoms with van der Waals surface area (Å²) in [6.45, 7) is 3.50. The second kappa shape index (κ2) is 5.29. The van der Waals surface area contributed by atoms with E-state index in [2.05, 4.69) is 25.3 Å². The molecule has 0 spiro atoms. The van der Waals surface area contributed by atoms with Gasteiger partial charge in [0.2, 0.25) is 0 Å². The Bertz CT molecular complexity index is 381. The summed E-state index contributed by atoms with van der Waals surface area (Å²) in [5.74, 6) is 1.59. The quantitative estimate of drug-likeness (QED) is 0.737. The van der Waals surface area contributed by atoms with Crippen LogP contribution in [0.3, 0.4) is 0 Å². The van der Waals surface area contributed by atoms with Gasteiger partial charge in [0, 0.05) is 13.1 Å². The van der Waals surface area contributed by atoms with Crippen LogP contribution < -0.4 is 10.6 Å². The van der Waals surface area contributed by atoms with Crippen molar-refractivity contribution in [3.63, 3.8) is 0 Å². The van der Waals surface area contributed by atoms with Gasteiger partial charge in [-0.2, -0.15) is 0 Å². The summed E-state index contributed by atoms with van der Waals surface area (Å²) in [5.41, 5.74) is 0. The smallest absolute Gasteiger partial charge is 0.328 e. The molecule has 1 rings (SSSR count). The van der Waals surface area contributed by atoms with E-state index in [1.807, 2.05) is 0 Å². The maximum absolute atomic E-state index is 11.2. The number of nitrogens with zero attached hydrogens (tertiary/aromatic N) is 2. The van der Waals surface area contributed by atoms with Crippen LogP contribution in [0.25, 0.3) is 0 Å². The summed E-state index contributed by atoms with van der Waals surface area (Å²) in [6, 6.07) is 1.29. The molecule has 88 valence electrons. The number of carbonyl (C=O) groups is 1. The third kappa shape index (κ3) is 3.08. The number of ether oxygens (including phenoxy) is 1. The highest BCUT2D eigenvalue weighted by Gasteiger charge is 2.13. The first-order chi connectivity index (χ1) is 7.56. The summed E-state index contributed by atoms with van der Waals surface area (Å²) >= 11 is 0. The molecule has 1 aromatic heterocycles. The van der Waals surface area contributed by atoms with E-state index in [1.54, 1.807) is 27.0 Å². The molecule has 0 aromatic carbocycles. The van der Waals surface area contributed by atoms with Gasteiger partial charge in [0.15, 0.2) is 0 Å². The fourth-order valence-corrected chi connectivity index (χ4v) is 1.23. The van der Waals surface area contributed by atoms with Crippen LogP contribution in [0.15, 0.2) is 6.07 Å². The number of hydrogen-bond donors (Lipinski definition) is 2. The Labute approximate surface area is 94.4 Å². The van der Waals surface area contributed by atoms with Crippen LogP contribution >= 0.6 is 0 Å². The van der Waals surface area contributed by atoms with Crippen LogP contribution in [0, 0.1) is 6.92 Å². The third-order valence-electron chi connectivity index (χ3n) is 2.01. The van der Waals surface area contributed by atoms with Crippen LogP contribution in [-0.4, -0.2) is 36.1 Å². The first-order valence-electron chi connectivity index (χ1n) is 4.94. The number of anilines is 2. The monoisotopic (exact) mass is 224 g/mol. The van der Waals surface area contributed by atoms with Crippen molar-refractivity contribution < 1.29 is 9.53 Å². The number of carbonyl (C=O) groups excluding carboxylic acids is 1. The Kier molecular flexibility index (Phi) is 4.04. The van der Waals surface area contributed by atoms with E-state index in [0.29, 0.717) is 17.5 Å². The van der Waals surface area contributed by atoms with Crippen LogP contribution in [0.2, 0.25) is 0 Å². The molecule has 1 atom stereocenters. The standard InChI is InChI=1S/C10H16N4O2/c1-6(10(15)16-4)12-9-5-8(11-3)13-7(2)14-9/h5-6H,1-4H3,(H2,11,12,13,14). The number of hydrogen-bond acceptors (Lipinski definition) is 6. The second-order valence-electron chi connectivity index (χ2n) is 3.32. The molecule has 0 saturated heterocycles. The average molecular weight is 224 g/mol. The van der Waals surface area contributed by atoms with Crippen molar-refractivity contribution in [2.24, 2.45) is 0 Å². The Morgan fingerprint density at radius 2 is 2.06 bits per heavy atom. The van der Waals surface area contributed by atoms with Gasteiger partial charge in [0.05, 0.1) is 7.11 Å². The summed E-state index contributed by atoms with van der Waals surface area (Å²) in [6.07, 6.45) is 0. The molecule has 0 aliphatic heterocycles. The molecule has 0 aliphatic carbocycles. The molecule has 6 nitrogen and oxygen atoms in total. The molecular formula is C10H16N4O2. The molecule has 0 fully saturated rings. The van der Waals surface area contributed by atoms with E-state index >= 15 is 0 Å². The fraction of sp³-hybridized carbons (Fsp3) is 0.500. The zero-order valence-corrected chi connectivity index (χ0v) is 9.87. The lowest BCUT2D eigenvalue weighted by Gasteiger charge is -2.13. The zero-order chi connectivity index (χ0) is 12.1. The van der Waals surface area contributed by atoms with Gasteiger partial charge in [0.25, 0.3) is 0 Å². The molecule has 0 radical (unpaired) electrons. The molecule has 0 bridgehead atoms. The van der Waals surface area contributed by atoms with Gasteiger partial charge in [-0.05, 0) is 13.8 Å². The minimum atomic E-state index is -0.441. The van der Waals surface area contributed by atoms with E-state index in [9.17, 15) is 4.79 Å². The molecule has 1 unspecified atom stereocenters. The number of nitrogens with one attached hydrogen (secondary N) is 2. The van der Waals surface area contributed by atoms with Crippen molar-refractivity contribution in [1.82, 2.24) is 9.97 Å². The molecule has 1 aromatic rings. The molecule has 1 heterocycles. The Balaban J connectivity index is 2.80. The van der Waals surface area contributed by atoms with Gasteiger partial charge in [-0.1, -0.05) is 0 Å². The van der Waals surface area contributed by atoms with Gasteiger partial charge in [-0.3, -0.25) is 0 Å². The first kappa shape index (κ1) is 12.2. The molecule has 0 saturated carbocycles. The number of rotatable bonds is 4. The summed E-state index contributed by atoms with van der Waals surface area (Å²) in [7, 11) is 3.13. The SMILES string of the molecule is CNc1cc(NC(C)C(=O)OC)nc(C)n1. The van der Waals surface area contributed by atoms with Gasteiger partial charge in [-0.25, -0.2) is 14.8 Å². The van der Waals surface area contributed by atoms with E-state index in [4.69, 9.17) is 0 Å². The number of esters is 1. The fourth-order valence-electron chi connectivity index (χ4n) is 1.23. The highest BCUT2D eigenvalue weighted by atomic mass is 16.5. The van der Waals surface area contributed by atoms with E-state index in [-0.39, 0.29) is 5.97 Å². The van der Waals surface area contributed by atoms with E-state index < -0.39 is 6.04 Å². The predicted molar refractivity (Wildman–Crippen MR) is 61.4 cm³/mol. The molecule has 0 aliphatic rings. The molecular weight excluding hydrogens is 208 g/mol. The van der Waals surface area contributed by atoms with Crippen LogP contribution in [0.4, 0.5) is 11.6 Å². The minimum Gasteiger partial charge on any atom is -0.467 e. The zero-order valence-electron chi connectivity index (χ0n) is 9.87. The van der Waals surface area contributed by atoms with Crippen LogP contribution in [0.1, 0.15) is 12.7 Å². The Morgan fingerprint density at radius 1 is 1.44 bits per heavy atom. The maximum Gasteiger partial charge on any atom is 0.328 e. The largest absolute Gasteiger partial charge is 0.467 e. The molecule has 0 amide bonds. The molecule has 2 N–H and O–H groups in total. The summed E-state index contributed by atoms with van der Waals surface area (Å²) in [5, 5.41) is 5.86. The summed E-state index contributed by atoms with van der Waals surface area (Å²) in [4.78, 5) is 19.5. The molecule has 6 heteroatoms. The minimum absolute atomic E-state index is 0.331. The van der Waals surface area contributed by atoms with Gasteiger partial charge >= 0.3 is 5.97 Å². The number of methoxy groups -OCH3 is 1. The lowest BCUT2D eigenvalue weighted by atomic mass is 10.3. The topological polar surface area (TPSA) is 76.1 Å². The van der Waals surface area contributed by atoms with Crippen molar-refractivity contribution in [3.8, 4) is 0 Å². The predicted octanol–water partition coefficient (Wildman–Crippen LogP) is 0.800. The highest BCUT2D eigenvalue weighted by molar-refractivity contribution is 5.78. The molecule has 16 heavy (non-hydrogen) atoms. The van der Waals surface area contributed by atoms with Gasteiger partial charge < -0.3 is 15.4 Å². The second-order valence-corrected chi connectivity index (χ2v) is 3.32. The number of aryl methyl sites for hydroxylation is 1. The van der Waals surface area contributed by atoms with Crippen LogP contribution in [-0.2, 0) is 9.53 Å². The van der Waals surface area contributed by atoms with Crippen molar-refractivity contribution in [2.75, 3.05) is 24.8 Å². The highest BCUT2D eigenvalue weighted by Crippen LogP contribution is 2.11. The Hall–Kier alpha value is -1.85. The van der Waals surface area contributed by atoms with E-state index in [1.165, 1.54) is 7.11 Å². The van der Waals surface area contributed by atoms with Crippen molar-refractivity contribution >= 4 is 17.6 Å². The lowest BCUT2D eigenvalue weighted by Crippen LogP contribution is -2.27. The number of aromatic nitrogens is 2. The van der Waals surface area contributed by atoms with Crippen molar-refractivity contribution in [2.45, 2.75) is 19.9 Å². The van der Waals surface area contributed by atoms with Gasteiger partial charge in [0.1, 0.15) is 23.5 Å². The van der Waals surface area contributed by atoms with Gasteiger partial charge in [-0.15, -0.1) is 0 Å². The van der Waals surface area contributed by atoms with Crippen molar-refractivity contribution in [1.29, 1.82) is 0 Å². The third-order valence-corrected chi connectivity index (χ3v) is 2.01. The summed E-state index contributed by atoms with van der Waals surface area (Å²) < 4.78 is 4.61. The van der Waals surface area contributed by atoms with E-state index in [0.717, 1.165) is 0 Å².